The number of piperidine rings is 1. The molecule has 0 spiro atoms. The Bertz CT molecular complexity index is 947. The van der Waals surface area contributed by atoms with E-state index in [-0.39, 0.29) is 6.10 Å². The number of ether oxygens (including phenoxy) is 1. The molecule has 2 unspecified atom stereocenters. The average molecular weight is 337 g/mol. The molecule has 3 atom stereocenters. The Kier molecular flexibility index (Phi) is 3.41. The monoisotopic (exact) mass is 337 g/mol. The number of fused-ring (bicyclic) bond motifs is 3. The molecule has 5 rings (SSSR count). The number of hydrogen-bond acceptors (Lipinski definition) is 5. The van der Waals surface area contributed by atoms with Crippen LogP contribution in [0.25, 0.3) is 22.3 Å². The van der Waals surface area contributed by atoms with Crippen molar-refractivity contribution in [2.45, 2.75) is 43.9 Å². The minimum Gasteiger partial charge on any atom is -0.490 e. The van der Waals surface area contributed by atoms with Gasteiger partial charge in [-0.25, -0.2) is 4.79 Å². The van der Waals surface area contributed by atoms with Gasteiger partial charge >= 0.3 is 5.63 Å². The van der Waals surface area contributed by atoms with Gasteiger partial charge in [0.15, 0.2) is 0 Å². The van der Waals surface area contributed by atoms with Crippen molar-refractivity contribution in [1.29, 1.82) is 0 Å². The molecule has 0 radical (unpaired) electrons. The summed E-state index contributed by atoms with van der Waals surface area (Å²) in [6.07, 6.45) is 6.33. The first-order valence-corrected chi connectivity index (χ1v) is 8.79. The van der Waals surface area contributed by atoms with Crippen LogP contribution < -0.4 is 15.7 Å². The van der Waals surface area contributed by atoms with Gasteiger partial charge in [-0.15, -0.1) is 0 Å². The second kappa shape index (κ2) is 5.77. The molecule has 25 heavy (non-hydrogen) atoms. The van der Waals surface area contributed by atoms with E-state index in [0.717, 1.165) is 24.0 Å². The lowest BCUT2D eigenvalue weighted by Gasteiger charge is -2.29. The lowest BCUT2D eigenvalue weighted by molar-refractivity contribution is 0.137. The fourth-order valence-electron chi connectivity index (χ4n) is 4.06. The number of furan rings is 1. The van der Waals surface area contributed by atoms with Crippen LogP contribution in [0.4, 0.5) is 0 Å². The van der Waals surface area contributed by atoms with Gasteiger partial charge in [0.2, 0.25) is 0 Å². The van der Waals surface area contributed by atoms with Crippen molar-refractivity contribution in [2.75, 3.05) is 0 Å². The molecule has 2 saturated heterocycles. The number of nitrogens with one attached hydrogen (secondary N) is 1. The molecular weight excluding hydrogens is 318 g/mol. The first-order chi connectivity index (χ1) is 12.2. The Morgan fingerprint density at radius 2 is 1.92 bits per heavy atom. The van der Waals surface area contributed by atoms with Crippen LogP contribution in [-0.2, 0) is 0 Å². The van der Waals surface area contributed by atoms with Crippen molar-refractivity contribution < 1.29 is 13.6 Å². The number of hydrogen-bond donors (Lipinski definition) is 1. The van der Waals surface area contributed by atoms with E-state index >= 15 is 0 Å². The van der Waals surface area contributed by atoms with Gasteiger partial charge in [0.25, 0.3) is 0 Å². The Hall–Kier alpha value is -2.53. The van der Waals surface area contributed by atoms with Crippen LogP contribution in [0.5, 0.6) is 5.75 Å². The third-order valence-electron chi connectivity index (χ3n) is 5.23. The van der Waals surface area contributed by atoms with Gasteiger partial charge in [-0.05, 0) is 56.0 Å². The Morgan fingerprint density at radius 1 is 1.08 bits per heavy atom. The molecule has 2 aliphatic rings. The van der Waals surface area contributed by atoms with Gasteiger partial charge in [0, 0.05) is 23.5 Å². The summed E-state index contributed by atoms with van der Waals surface area (Å²) in [4.78, 5) is 12.3. The lowest BCUT2D eigenvalue weighted by atomic mass is 10.0. The van der Waals surface area contributed by atoms with Crippen molar-refractivity contribution in [3.05, 3.63) is 53.1 Å². The van der Waals surface area contributed by atoms with E-state index in [1.807, 2.05) is 18.2 Å². The van der Waals surface area contributed by atoms with Gasteiger partial charge in [0.05, 0.1) is 6.26 Å². The molecule has 0 saturated carbocycles. The van der Waals surface area contributed by atoms with Gasteiger partial charge in [-0.2, -0.15) is 0 Å². The zero-order valence-corrected chi connectivity index (χ0v) is 13.7. The first kappa shape index (κ1) is 14.8. The van der Waals surface area contributed by atoms with Gasteiger partial charge in [0.1, 0.15) is 28.8 Å². The fourth-order valence-corrected chi connectivity index (χ4v) is 4.06. The Labute approximate surface area is 144 Å². The van der Waals surface area contributed by atoms with E-state index in [9.17, 15) is 4.79 Å². The van der Waals surface area contributed by atoms with Gasteiger partial charge < -0.3 is 18.9 Å². The highest BCUT2D eigenvalue weighted by atomic mass is 16.5. The van der Waals surface area contributed by atoms with Gasteiger partial charge in [-0.3, -0.25) is 0 Å². The maximum atomic E-state index is 12.3. The van der Waals surface area contributed by atoms with E-state index in [1.165, 1.54) is 12.8 Å². The number of rotatable bonds is 3. The molecule has 2 fully saturated rings. The summed E-state index contributed by atoms with van der Waals surface area (Å²) < 4.78 is 17.0. The summed E-state index contributed by atoms with van der Waals surface area (Å²) in [5.41, 5.74) is 0.565. The minimum absolute atomic E-state index is 0.227. The molecule has 5 heteroatoms. The lowest BCUT2D eigenvalue weighted by Crippen LogP contribution is -2.42. The van der Waals surface area contributed by atoms with Crippen LogP contribution in [0.2, 0.25) is 0 Å². The predicted octanol–water partition coefficient (Wildman–Crippen LogP) is 3.71. The van der Waals surface area contributed by atoms with E-state index in [1.54, 1.807) is 24.5 Å². The van der Waals surface area contributed by atoms with Crippen LogP contribution in [0.3, 0.4) is 0 Å². The largest absolute Gasteiger partial charge is 0.490 e. The van der Waals surface area contributed by atoms with Crippen LogP contribution >= 0.6 is 0 Å². The van der Waals surface area contributed by atoms with E-state index in [0.29, 0.717) is 29.0 Å². The van der Waals surface area contributed by atoms with Crippen LogP contribution in [0.15, 0.2) is 56.3 Å². The van der Waals surface area contributed by atoms with Crippen LogP contribution in [-0.4, -0.2) is 18.2 Å². The summed E-state index contributed by atoms with van der Waals surface area (Å²) in [6.45, 7) is 0. The molecule has 0 aliphatic carbocycles. The second-order valence-corrected chi connectivity index (χ2v) is 6.97. The topological polar surface area (TPSA) is 64.6 Å². The summed E-state index contributed by atoms with van der Waals surface area (Å²) in [5.74, 6) is 1.27. The average Bonchev–Trinajstić information content (AvgIpc) is 3.24. The van der Waals surface area contributed by atoms with E-state index in [2.05, 4.69) is 5.32 Å². The van der Waals surface area contributed by atoms with Crippen molar-refractivity contribution >= 4 is 11.0 Å². The summed E-state index contributed by atoms with van der Waals surface area (Å²) in [5, 5.41) is 4.46. The van der Waals surface area contributed by atoms with Crippen LogP contribution in [0.1, 0.15) is 25.7 Å². The second-order valence-electron chi connectivity index (χ2n) is 6.97. The summed E-state index contributed by atoms with van der Waals surface area (Å²) >= 11 is 0. The minimum atomic E-state index is -0.403. The van der Waals surface area contributed by atoms with Crippen molar-refractivity contribution in [3.8, 4) is 17.1 Å². The normalized spacial score (nSPS) is 25.4. The molecular formula is C20H19NO4. The third-order valence-corrected chi connectivity index (χ3v) is 5.23. The van der Waals surface area contributed by atoms with Crippen molar-refractivity contribution in [3.63, 3.8) is 0 Å². The molecule has 1 N–H and O–H groups in total. The highest BCUT2D eigenvalue weighted by molar-refractivity contribution is 5.81. The first-order valence-electron chi connectivity index (χ1n) is 8.79. The Balaban J connectivity index is 1.44. The molecule has 2 bridgehead atoms. The maximum Gasteiger partial charge on any atom is 0.347 e. The molecule has 1 aromatic carbocycles. The zero-order valence-electron chi connectivity index (χ0n) is 13.7. The summed E-state index contributed by atoms with van der Waals surface area (Å²) in [7, 11) is 0. The Morgan fingerprint density at radius 3 is 2.68 bits per heavy atom. The van der Waals surface area contributed by atoms with E-state index in [4.69, 9.17) is 13.6 Å². The van der Waals surface area contributed by atoms with Gasteiger partial charge in [-0.1, -0.05) is 0 Å². The standard InChI is InChI=1S/C20H19NO4/c22-20-17(18-2-1-7-23-18)8-12-3-6-15(11-19(12)25-20)24-16-9-13-4-5-14(10-16)21-13/h1-3,6-8,11,13-14,16,21H,4-5,9-10H2/t13-,14?,16?/m0/s1. The predicted molar refractivity (Wildman–Crippen MR) is 93.8 cm³/mol. The molecule has 3 aromatic rings. The number of benzene rings is 1. The van der Waals surface area contributed by atoms with E-state index < -0.39 is 5.63 Å². The summed E-state index contributed by atoms with van der Waals surface area (Å²) in [6, 6.07) is 12.1. The zero-order chi connectivity index (χ0) is 16.8. The van der Waals surface area contributed by atoms with Crippen molar-refractivity contribution in [2.24, 2.45) is 0 Å². The fraction of sp³-hybridized carbons (Fsp3) is 0.350. The molecule has 5 nitrogen and oxygen atoms in total. The smallest absolute Gasteiger partial charge is 0.347 e. The molecule has 4 heterocycles. The molecule has 2 aliphatic heterocycles. The third kappa shape index (κ3) is 2.74. The maximum absolute atomic E-state index is 12.3. The highest BCUT2D eigenvalue weighted by Crippen LogP contribution is 2.31. The van der Waals surface area contributed by atoms with Crippen molar-refractivity contribution in [1.82, 2.24) is 5.32 Å². The highest BCUT2D eigenvalue weighted by Gasteiger charge is 2.34. The quantitative estimate of drug-likeness (QED) is 0.738. The molecule has 2 aromatic heterocycles. The van der Waals surface area contributed by atoms with Crippen LogP contribution in [0, 0.1) is 0 Å². The molecule has 0 amide bonds. The molecule has 128 valence electrons. The SMILES string of the molecule is O=c1oc2cc(OC3CC4CC[C@@H](C3)N4)ccc2cc1-c1ccco1.